The molecule has 0 saturated carbocycles. The number of hydrogen-bond acceptors (Lipinski definition) is 7. The second kappa shape index (κ2) is 8.82. The van der Waals surface area contributed by atoms with Gasteiger partial charge in [-0.25, -0.2) is 4.79 Å². The number of Topliss-reactive ketones (excluding diaryl/α,β-unsaturated/α-hetero) is 1. The summed E-state index contributed by atoms with van der Waals surface area (Å²) in [6, 6.07) is 15.2. The lowest BCUT2D eigenvalue weighted by molar-refractivity contribution is -0.384. The van der Waals surface area contributed by atoms with Crippen LogP contribution in [-0.2, 0) is 14.3 Å². The predicted octanol–water partition coefficient (Wildman–Crippen LogP) is 5.35. The minimum atomic E-state index is -0.712. The molecule has 8 nitrogen and oxygen atoms in total. The molecule has 2 aromatic carbocycles. The third-order valence-electron chi connectivity index (χ3n) is 5.78. The molecule has 8 heteroatoms. The third-order valence-corrected chi connectivity index (χ3v) is 5.78. The van der Waals surface area contributed by atoms with Crippen LogP contribution in [0.15, 0.2) is 76.0 Å². The molecule has 0 radical (unpaired) electrons. The highest BCUT2D eigenvalue weighted by molar-refractivity contribution is 6.30. The van der Waals surface area contributed by atoms with E-state index in [9.17, 15) is 19.7 Å². The second-order valence-electron chi connectivity index (χ2n) is 7.92. The highest BCUT2D eigenvalue weighted by Gasteiger charge is 2.38. The molecule has 2 heterocycles. The molecular formula is C26H22N2O6. The molecule has 0 saturated heterocycles. The van der Waals surface area contributed by atoms with Crippen LogP contribution in [-0.4, -0.2) is 23.8 Å². The van der Waals surface area contributed by atoms with Gasteiger partial charge in [0, 0.05) is 35.2 Å². The fraction of sp³-hybridized carbons (Fsp3) is 0.154. The number of nitro groups is 1. The number of ether oxygens (including phenoxy) is 1. The number of anilines is 1. The van der Waals surface area contributed by atoms with Crippen molar-refractivity contribution in [1.82, 2.24) is 0 Å². The van der Waals surface area contributed by atoms with Gasteiger partial charge in [0.1, 0.15) is 17.1 Å². The van der Waals surface area contributed by atoms with Crippen molar-refractivity contribution >= 4 is 29.2 Å². The van der Waals surface area contributed by atoms with E-state index in [-0.39, 0.29) is 17.0 Å². The molecule has 0 atom stereocenters. The van der Waals surface area contributed by atoms with Crippen LogP contribution in [0.25, 0.3) is 17.4 Å². The number of carbonyl (C=O) groups is 2. The molecule has 0 fully saturated rings. The number of benzene rings is 2. The van der Waals surface area contributed by atoms with Crippen molar-refractivity contribution in [1.29, 1.82) is 0 Å². The zero-order valence-electron chi connectivity index (χ0n) is 19.1. The lowest BCUT2D eigenvalue weighted by Gasteiger charge is -2.22. The number of aryl methyl sites for hydroxylation is 2. The summed E-state index contributed by atoms with van der Waals surface area (Å²) in [5, 5.41) is 11.1. The van der Waals surface area contributed by atoms with Crippen molar-refractivity contribution in [3.63, 3.8) is 0 Å². The topological polar surface area (TPSA) is 103 Å². The van der Waals surface area contributed by atoms with Crippen molar-refractivity contribution in [2.75, 3.05) is 12.0 Å². The van der Waals surface area contributed by atoms with Crippen LogP contribution in [0.5, 0.6) is 0 Å². The number of esters is 1. The van der Waals surface area contributed by atoms with Crippen LogP contribution in [0, 0.1) is 24.0 Å². The van der Waals surface area contributed by atoms with Crippen LogP contribution in [0.4, 0.5) is 11.4 Å². The zero-order valence-corrected chi connectivity index (χ0v) is 19.1. The first-order chi connectivity index (χ1) is 16.2. The molecule has 3 aromatic rings. The Labute approximate surface area is 195 Å². The number of rotatable bonds is 5. The summed E-state index contributed by atoms with van der Waals surface area (Å²) >= 11 is 0. The Bertz CT molecular complexity index is 1400. The molecule has 172 valence electrons. The Morgan fingerprint density at radius 1 is 1.06 bits per heavy atom. The van der Waals surface area contributed by atoms with E-state index in [1.807, 2.05) is 32.0 Å². The quantitative estimate of drug-likeness (QED) is 0.167. The molecule has 1 aromatic heterocycles. The normalized spacial score (nSPS) is 14.8. The highest BCUT2D eigenvalue weighted by Crippen LogP contribution is 2.37. The fourth-order valence-corrected chi connectivity index (χ4v) is 3.85. The van der Waals surface area contributed by atoms with E-state index in [2.05, 4.69) is 0 Å². The molecule has 0 unspecified atom stereocenters. The summed E-state index contributed by atoms with van der Waals surface area (Å²) in [5.74, 6) is -0.415. The van der Waals surface area contributed by atoms with Crippen LogP contribution in [0.3, 0.4) is 0 Å². The Kier molecular flexibility index (Phi) is 5.89. The maximum absolute atomic E-state index is 13.3. The number of allylic oxidation sites excluding steroid dienone is 2. The number of non-ortho nitro benzene ring substituents is 1. The first kappa shape index (κ1) is 22.7. The van der Waals surface area contributed by atoms with Crippen molar-refractivity contribution < 1.29 is 23.7 Å². The molecule has 1 aliphatic rings. The average Bonchev–Trinajstić information content (AvgIpc) is 3.38. The van der Waals surface area contributed by atoms with Gasteiger partial charge in [-0.1, -0.05) is 18.2 Å². The largest absolute Gasteiger partial charge is 0.465 e. The third kappa shape index (κ3) is 4.01. The number of hydrogen-bond donors (Lipinski definition) is 0. The summed E-state index contributed by atoms with van der Waals surface area (Å²) in [4.78, 5) is 38.0. The molecule has 0 aliphatic carbocycles. The predicted molar refractivity (Wildman–Crippen MR) is 127 cm³/mol. The maximum Gasteiger partial charge on any atom is 0.343 e. The van der Waals surface area contributed by atoms with Gasteiger partial charge in [-0.3, -0.25) is 14.9 Å². The Hall–Kier alpha value is -4.46. The van der Waals surface area contributed by atoms with Gasteiger partial charge in [0.25, 0.3) is 5.69 Å². The molecule has 0 N–H and O–H groups in total. The van der Waals surface area contributed by atoms with E-state index in [4.69, 9.17) is 9.15 Å². The van der Waals surface area contributed by atoms with Crippen molar-refractivity contribution in [2.45, 2.75) is 20.8 Å². The minimum Gasteiger partial charge on any atom is -0.465 e. The fourth-order valence-electron chi connectivity index (χ4n) is 3.85. The van der Waals surface area contributed by atoms with Crippen molar-refractivity contribution in [2.24, 2.45) is 0 Å². The van der Waals surface area contributed by atoms with Gasteiger partial charge < -0.3 is 14.1 Å². The Balaban J connectivity index is 1.79. The van der Waals surface area contributed by atoms with E-state index in [0.717, 1.165) is 16.8 Å². The molecule has 0 spiro atoms. The van der Waals surface area contributed by atoms with Crippen molar-refractivity contribution in [3.8, 4) is 11.3 Å². The van der Waals surface area contributed by atoms with Crippen LogP contribution < -0.4 is 4.90 Å². The minimum absolute atomic E-state index is 0.0440. The lowest BCUT2D eigenvalue weighted by atomic mass is 10.1. The molecule has 0 amide bonds. The highest BCUT2D eigenvalue weighted by atomic mass is 16.6. The summed E-state index contributed by atoms with van der Waals surface area (Å²) in [7, 11) is 1.23. The number of nitro benzene ring substituents is 1. The monoisotopic (exact) mass is 458 g/mol. The van der Waals surface area contributed by atoms with Crippen LogP contribution >= 0.6 is 0 Å². The number of ketones is 1. The molecular weight excluding hydrogens is 436 g/mol. The number of nitrogens with zero attached hydrogens (tertiary/aromatic N) is 2. The second-order valence-corrected chi connectivity index (χ2v) is 7.92. The maximum atomic E-state index is 13.3. The smallest absolute Gasteiger partial charge is 0.343 e. The Morgan fingerprint density at radius 3 is 2.50 bits per heavy atom. The van der Waals surface area contributed by atoms with Gasteiger partial charge in [-0.15, -0.1) is 0 Å². The summed E-state index contributed by atoms with van der Waals surface area (Å²) < 4.78 is 10.7. The summed E-state index contributed by atoms with van der Waals surface area (Å²) in [6.07, 6.45) is 1.55. The molecule has 1 aliphatic heterocycles. The Morgan fingerprint density at radius 2 is 1.82 bits per heavy atom. The van der Waals surface area contributed by atoms with Gasteiger partial charge >= 0.3 is 5.97 Å². The van der Waals surface area contributed by atoms with Gasteiger partial charge in [-0.2, -0.15) is 0 Å². The summed E-state index contributed by atoms with van der Waals surface area (Å²) in [6.45, 7) is 5.65. The number of carbonyl (C=O) groups excluding carboxylic acids is 2. The molecule has 34 heavy (non-hydrogen) atoms. The molecule has 4 rings (SSSR count). The van der Waals surface area contributed by atoms with Crippen molar-refractivity contribution in [3.05, 3.63) is 98.6 Å². The number of furan rings is 1. The molecule has 0 bridgehead atoms. The SMILES string of the molecule is COC(=O)C1=C(C)N(c2ccc(C)c(C)c2)/C(=C/c2ccc(-c3cccc([N+](=O)[O-])c3)o2)C1=O. The summed E-state index contributed by atoms with van der Waals surface area (Å²) in [5.41, 5.74) is 3.99. The van der Waals surface area contributed by atoms with E-state index in [1.54, 1.807) is 42.2 Å². The van der Waals surface area contributed by atoms with E-state index >= 15 is 0 Å². The van der Waals surface area contributed by atoms with Gasteiger partial charge in [0.2, 0.25) is 5.78 Å². The van der Waals surface area contributed by atoms with Gasteiger partial charge in [0.15, 0.2) is 0 Å². The first-order valence-electron chi connectivity index (χ1n) is 10.5. The number of methoxy groups -OCH3 is 1. The van der Waals surface area contributed by atoms with Crippen LogP contribution in [0.2, 0.25) is 0 Å². The van der Waals surface area contributed by atoms with E-state index in [1.165, 1.54) is 19.2 Å². The standard InChI is InChI=1S/C26H22N2O6/c1-15-8-9-19(12-16(15)2)27-17(3)24(26(30)33-4)25(29)22(27)14-21-10-11-23(34-21)18-6-5-7-20(13-18)28(31)32/h5-14H,1-4H3/b22-14+. The lowest BCUT2D eigenvalue weighted by Crippen LogP contribution is -2.18. The first-order valence-corrected chi connectivity index (χ1v) is 10.5. The zero-order chi connectivity index (χ0) is 24.6. The van der Waals surface area contributed by atoms with Gasteiger partial charge in [0.05, 0.1) is 17.7 Å². The van der Waals surface area contributed by atoms with Gasteiger partial charge in [-0.05, 0) is 56.2 Å². The van der Waals surface area contributed by atoms with Crippen LogP contribution in [0.1, 0.15) is 23.8 Å². The average molecular weight is 458 g/mol. The van der Waals surface area contributed by atoms with E-state index in [0.29, 0.717) is 22.8 Å². The van der Waals surface area contributed by atoms with E-state index < -0.39 is 16.7 Å².